The molecular weight excluding hydrogens is 576 g/mol. The van der Waals surface area contributed by atoms with E-state index in [4.69, 9.17) is 14.2 Å². The molecule has 0 saturated carbocycles. The lowest BCUT2D eigenvalue weighted by Gasteiger charge is -2.18. The summed E-state index contributed by atoms with van der Waals surface area (Å²) in [5, 5.41) is 0. The first-order valence-corrected chi connectivity index (χ1v) is 18.6. The third kappa shape index (κ3) is 32.8. The predicted octanol–water partition coefficient (Wildman–Crippen LogP) is 11.2. The maximum absolute atomic E-state index is 12.5. The Balaban J connectivity index is 4.51. The second-order valence-electron chi connectivity index (χ2n) is 12.1. The molecule has 0 spiro atoms. The van der Waals surface area contributed by atoms with Crippen LogP contribution >= 0.6 is 0 Å². The average molecular weight is 645 g/mol. The molecule has 0 fully saturated rings. The molecule has 1 unspecified atom stereocenters. The Morgan fingerprint density at radius 2 is 0.935 bits per heavy atom. The average Bonchev–Trinajstić information content (AvgIpc) is 3.05. The van der Waals surface area contributed by atoms with Crippen LogP contribution in [0, 0.1) is 0 Å². The minimum atomic E-state index is -0.824. The Kier molecular flexibility index (Phi) is 33.2. The summed E-state index contributed by atoms with van der Waals surface area (Å²) >= 11 is 0. The van der Waals surface area contributed by atoms with Crippen molar-refractivity contribution >= 4 is 17.9 Å². The van der Waals surface area contributed by atoms with Crippen LogP contribution in [-0.2, 0) is 28.6 Å². The number of hydrogen-bond acceptors (Lipinski definition) is 6. The molecule has 0 heterocycles. The third-order valence-electron chi connectivity index (χ3n) is 7.60. The Hall–Kier alpha value is -2.63. The van der Waals surface area contributed by atoms with Crippen molar-refractivity contribution < 1.29 is 28.6 Å². The first-order chi connectivity index (χ1) is 22.5. The number of unbranched alkanes of at least 4 members (excludes halogenated alkanes) is 14. The van der Waals surface area contributed by atoms with Crippen LogP contribution in [0.4, 0.5) is 0 Å². The van der Waals surface area contributed by atoms with Crippen LogP contribution in [0.3, 0.4) is 0 Å². The van der Waals surface area contributed by atoms with Crippen molar-refractivity contribution in [2.24, 2.45) is 0 Å². The molecule has 0 aliphatic carbocycles. The molecular formula is C40H68O6. The van der Waals surface area contributed by atoms with E-state index in [0.29, 0.717) is 19.3 Å². The standard InChI is InChI=1S/C40H68O6/c1-4-7-10-13-16-19-22-24-27-30-33-39(42)45-36-37(46-40(43)34-31-28-25-21-18-15-12-9-6-3)35-44-38(41)32-29-26-23-20-17-14-11-8-5-2/h9,12,18,20-21,23,28,31,37H,4-8,10-11,13-17,19,22,24-27,29-30,32-36H2,1-3H3/b12-9-,21-18-,23-20-,31-28-. The van der Waals surface area contributed by atoms with Gasteiger partial charge in [-0.2, -0.15) is 0 Å². The molecule has 0 aromatic rings. The summed E-state index contributed by atoms with van der Waals surface area (Å²) in [6, 6.07) is 0. The van der Waals surface area contributed by atoms with Gasteiger partial charge in [0.25, 0.3) is 0 Å². The molecule has 46 heavy (non-hydrogen) atoms. The summed E-state index contributed by atoms with van der Waals surface area (Å²) < 4.78 is 16.4. The number of carbonyl (C=O) groups excluding carboxylic acids is 3. The fourth-order valence-electron chi connectivity index (χ4n) is 4.80. The molecule has 1 atom stereocenters. The predicted molar refractivity (Wildman–Crippen MR) is 192 cm³/mol. The van der Waals surface area contributed by atoms with Crippen LogP contribution in [-0.4, -0.2) is 37.2 Å². The van der Waals surface area contributed by atoms with Gasteiger partial charge in [0.05, 0.1) is 6.42 Å². The lowest BCUT2D eigenvalue weighted by Crippen LogP contribution is -2.30. The molecule has 6 nitrogen and oxygen atoms in total. The van der Waals surface area contributed by atoms with Gasteiger partial charge in [-0.25, -0.2) is 0 Å². The molecule has 0 aromatic carbocycles. The van der Waals surface area contributed by atoms with Crippen molar-refractivity contribution in [3.63, 3.8) is 0 Å². The molecule has 0 aromatic heterocycles. The summed E-state index contributed by atoms with van der Waals surface area (Å²) in [7, 11) is 0. The van der Waals surface area contributed by atoms with Crippen molar-refractivity contribution in [1.82, 2.24) is 0 Å². The quantitative estimate of drug-likeness (QED) is 0.0314. The molecule has 0 N–H and O–H groups in total. The SMILES string of the molecule is CC/C=C\C/C=C\C/C=C\CC(=O)OC(COC(=O)CCC/C=C\CCCCCC)COC(=O)CCCCCCCCCCCC. The first-order valence-electron chi connectivity index (χ1n) is 18.6. The molecule has 0 rings (SSSR count). The molecule has 0 bridgehead atoms. The summed E-state index contributed by atoms with van der Waals surface area (Å²) in [6.45, 7) is 6.31. The highest BCUT2D eigenvalue weighted by Gasteiger charge is 2.19. The van der Waals surface area contributed by atoms with Gasteiger partial charge >= 0.3 is 17.9 Å². The highest BCUT2D eigenvalue weighted by atomic mass is 16.6. The summed E-state index contributed by atoms with van der Waals surface area (Å²) in [4.78, 5) is 37.2. The largest absolute Gasteiger partial charge is 0.462 e. The van der Waals surface area contributed by atoms with Crippen LogP contribution in [0.25, 0.3) is 0 Å². The van der Waals surface area contributed by atoms with Gasteiger partial charge in [0.2, 0.25) is 0 Å². The zero-order chi connectivity index (χ0) is 33.8. The van der Waals surface area contributed by atoms with Crippen LogP contribution in [0.1, 0.15) is 168 Å². The molecule has 0 saturated heterocycles. The van der Waals surface area contributed by atoms with Crippen LogP contribution in [0.2, 0.25) is 0 Å². The van der Waals surface area contributed by atoms with E-state index in [-0.39, 0.29) is 31.6 Å². The molecule has 0 amide bonds. The summed E-state index contributed by atoms with van der Waals surface area (Å²) in [6.07, 6.45) is 38.5. The molecule has 6 heteroatoms. The van der Waals surface area contributed by atoms with E-state index in [9.17, 15) is 14.4 Å². The number of esters is 3. The van der Waals surface area contributed by atoms with Gasteiger partial charge in [0, 0.05) is 12.8 Å². The highest BCUT2D eigenvalue weighted by molar-refractivity contribution is 5.72. The van der Waals surface area contributed by atoms with Crippen LogP contribution in [0.5, 0.6) is 0 Å². The molecule has 0 radical (unpaired) electrons. The normalized spacial score (nSPS) is 12.5. The van der Waals surface area contributed by atoms with Crippen LogP contribution in [0.15, 0.2) is 48.6 Å². The van der Waals surface area contributed by atoms with Crippen LogP contribution < -0.4 is 0 Å². The zero-order valence-corrected chi connectivity index (χ0v) is 29.8. The van der Waals surface area contributed by atoms with Gasteiger partial charge in [-0.15, -0.1) is 0 Å². The van der Waals surface area contributed by atoms with Crippen molar-refractivity contribution in [2.75, 3.05) is 13.2 Å². The Bertz CT molecular complexity index is 841. The number of rotatable bonds is 32. The van der Waals surface area contributed by atoms with Gasteiger partial charge in [0.1, 0.15) is 13.2 Å². The Morgan fingerprint density at radius 3 is 1.50 bits per heavy atom. The smallest absolute Gasteiger partial charge is 0.310 e. The zero-order valence-electron chi connectivity index (χ0n) is 29.8. The molecule has 0 aliphatic rings. The van der Waals surface area contributed by atoms with Crippen molar-refractivity contribution in [3.8, 4) is 0 Å². The number of hydrogen-bond donors (Lipinski definition) is 0. The van der Waals surface area contributed by atoms with E-state index in [1.165, 1.54) is 70.6 Å². The first kappa shape index (κ1) is 43.4. The lowest BCUT2D eigenvalue weighted by atomic mass is 10.1. The van der Waals surface area contributed by atoms with E-state index < -0.39 is 12.1 Å². The van der Waals surface area contributed by atoms with Gasteiger partial charge in [-0.05, 0) is 51.4 Å². The number of ether oxygens (including phenoxy) is 3. The molecule has 0 aliphatic heterocycles. The fourth-order valence-corrected chi connectivity index (χ4v) is 4.80. The Morgan fingerprint density at radius 1 is 0.478 bits per heavy atom. The van der Waals surface area contributed by atoms with Gasteiger partial charge in [0.15, 0.2) is 6.10 Å². The second-order valence-corrected chi connectivity index (χ2v) is 12.1. The number of carbonyl (C=O) groups is 3. The fraction of sp³-hybridized carbons (Fsp3) is 0.725. The number of allylic oxidation sites excluding steroid dienone is 7. The molecule has 264 valence electrons. The maximum atomic E-state index is 12.5. The summed E-state index contributed by atoms with van der Waals surface area (Å²) in [5.74, 6) is -1.09. The Labute approximate surface area is 282 Å². The van der Waals surface area contributed by atoms with E-state index >= 15 is 0 Å². The van der Waals surface area contributed by atoms with Crippen molar-refractivity contribution in [1.29, 1.82) is 0 Å². The topological polar surface area (TPSA) is 78.9 Å². The van der Waals surface area contributed by atoms with E-state index in [1.807, 2.05) is 6.08 Å². The minimum Gasteiger partial charge on any atom is -0.462 e. The van der Waals surface area contributed by atoms with E-state index in [0.717, 1.165) is 51.4 Å². The minimum absolute atomic E-state index is 0.103. The highest BCUT2D eigenvalue weighted by Crippen LogP contribution is 2.12. The second kappa shape index (κ2) is 35.2. The summed E-state index contributed by atoms with van der Waals surface area (Å²) in [5.41, 5.74) is 0. The van der Waals surface area contributed by atoms with E-state index in [2.05, 4.69) is 57.2 Å². The third-order valence-corrected chi connectivity index (χ3v) is 7.60. The van der Waals surface area contributed by atoms with E-state index in [1.54, 1.807) is 6.08 Å². The van der Waals surface area contributed by atoms with Gasteiger partial charge < -0.3 is 14.2 Å². The van der Waals surface area contributed by atoms with Gasteiger partial charge in [-0.1, -0.05) is 146 Å². The lowest BCUT2D eigenvalue weighted by molar-refractivity contribution is -0.166. The monoisotopic (exact) mass is 645 g/mol. The van der Waals surface area contributed by atoms with Gasteiger partial charge in [-0.3, -0.25) is 14.4 Å². The van der Waals surface area contributed by atoms with Crippen molar-refractivity contribution in [3.05, 3.63) is 48.6 Å². The van der Waals surface area contributed by atoms with Crippen molar-refractivity contribution in [2.45, 2.75) is 175 Å². The maximum Gasteiger partial charge on any atom is 0.310 e.